The minimum absolute atomic E-state index is 0.504. The van der Waals surface area contributed by atoms with Crippen LogP contribution in [0, 0.1) is 0 Å². The molecule has 0 saturated carbocycles. The molecule has 6 nitrogen and oxygen atoms in total. The number of nitrogens with two attached hydrogens (primary N) is 1. The minimum Gasteiger partial charge on any atom is -0.455 e. The number of rotatable bonds is 5. The number of hydrogen-bond donors (Lipinski definition) is 4. The highest BCUT2D eigenvalue weighted by molar-refractivity contribution is 5.89. The third-order valence-electron chi connectivity index (χ3n) is 10.7. The van der Waals surface area contributed by atoms with E-state index in [4.69, 9.17) is 15.5 Å². The molecule has 0 bridgehead atoms. The van der Waals surface area contributed by atoms with Gasteiger partial charge in [0.15, 0.2) is 0 Å². The molecule has 4 heterocycles. The van der Waals surface area contributed by atoms with Gasteiger partial charge >= 0.3 is 0 Å². The molecule has 52 heavy (non-hydrogen) atoms. The Labute approximate surface area is 301 Å². The average molecular weight is 674 g/mol. The van der Waals surface area contributed by atoms with E-state index in [1.165, 1.54) is 27.8 Å². The summed E-state index contributed by atoms with van der Waals surface area (Å²) in [6.07, 6.45) is 7.45. The molecule has 7 aromatic rings. The molecular weight excluding hydrogens is 639 g/mol. The summed E-state index contributed by atoms with van der Waals surface area (Å²) in [6.45, 7) is 0.691. The van der Waals surface area contributed by atoms with Crippen molar-refractivity contribution in [3.8, 4) is 50.3 Å². The summed E-state index contributed by atoms with van der Waals surface area (Å²) in [7, 11) is 0. The van der Waals surface area contributed by atoms with Crippen LogP contribution in [0.5, 0.6) is 5.75 Å². The molecule has 0 saturated heterocycles. The molecule has 2 atom stereocenters. The molecule has 0 radical (unpaired) electrons. The van der Waals surface area contributed by atoms with Gasteiger partial charge in [0.25, 0.3) is 0 Å². The van der Waals surface area contributed by atoms with E-state index in [1.807, 2.05) is 55.0 Å². The summed E-state index contributed by atoms with van der Waals surface area (Å²) >= 11 is 0. The van der Waals surface area contributed by atoms with Crippen molar-refractivity contribution in [1.82, 2.24) is 15.3 Å². The predicted octanol–water partition coefficient (Wildman–Crippen LogP) is 8.98. The monoisotopic (exact) mass is 673 g/mol. The van der Waals surface area contributed by atoms with E-state index in [-0.39, 0.29) is 0 Å². The number of aromatic amines is 2. The largest absolute Gasteiger partial charge is 0.455 e. The second kappa shape index (κ2) is 12.0. The van der Waals surface area contributed by atoms with Gasteiger partial charge in [0, 0.05) is 36.3 Å². The van der Waals surface area contributed by atoms with Crippen LogP contribution in [0.4, 0.5) is 0 Å². The number of fused-ring (bicyclic) bond motifs is 8. The average Bonchev–Trinajstić information content (AvgIpc) is 3.80. The third-order valence-corrected chi connectivity index (χ3v) is 10.7. The van der Waals surface area contributed by atoms with Crippen molar-refractivity contribution >= 4 is 0 Å². The first-order valence-electron chi connectivity index (χ1n) is 17.7. The van der Waals surface area contributed by atoms with Crippen LogP contribution in [-0.4, -0.2) is 16.5 Å². The topological polar surface area (TPSA) is 91.2 Å². The van der Waals surface area contributed by atoms with Gasteiger partial charge in [-0.2, -0.15) is 0 Å². The Morgan fingerprint density at radius 2 is 1.35 bits per heavy atom. The van der Waals surface area contributed by atoms with Gasteiger partial charge in [-0.05, 0) is 79.9 Å². The quantitative estimate of drug-likeness (QED) is 0.147. The standard InChI is InChI=1S/C46H35N5O/c47-44(51-45-37(31-11-5-2-6-12-31)25-34(27-50-45)29-9-3-1-4-10-29)32-17-15-30(16-18-32)33-19-20-36-35-13-7-8-14-38(35)46(39(36)26-33)40-28-48-23-21-41(40)52-42-22-24-49-43(42)46/h1-27,44,48-49H,28,47H2,(H,50,51). The number of ether oxygens (including phenoxy) is 1. The maximum absolute atomic E-state index is 6.81. The number of hydrogen-bond acceptors (Lipinski definition) is 4. The zero-order valence-electron chi connectivity index (χ0n) is 28.3. The van der Waals surface area contributed by atoms with Crippen molar-refractivity contribution in [2.24, 2.45) is 10.7 Å². The van der Waals surface area contributed by atoms with Crippen LogP contribution in [0.25, 0.3) is 44.5 Å². The van der Waals surface area contributed by atoms with Gasteiger partial charge in [-0.25, -0.2) is 4.99 Å². The van der Waals surface area contributed by atoms with Crippen LogP contribution in [0.2, 0.25) is 0 Å². The Balaban J connectivity index is 1.04. The van der Waals surface area contributed by atoms with E-state index >= 15 is 0 Å². The summed E-state index contributed by atoms with van der Waals surface area (Å²) < 4.78 is 6.44. The van der Waals surface area contributed by atoms with Gasteiger partial charge in [-0.1, -0.05) is 121 Å². The fourth-order valence-corrected chi connectivity index (χ4v) is 8.27. The van der Waals surface area contributed by atoms with E-state index in [0.717, 1.165) is 61.6 Å². The number of benzene rings is 5. The summed E-state index contributed by atoms with van der Waals surface area (Å²) in [6, 6.07) is 49.0. The number of allylic oxidation sites excluding steroid dienone is 1. The van der Waals surface area contributed by atoms with Crippen molar-refractivity contribution in [3.63, 3.8) is 0 Å². The lowest BCUT2D eigenvalue weighted by Crippen LogP contribution is -2.39. The van der Waals surface area contributed by atoms with Crippen LogP contribution in [0.1, 0.15) is 28.6 Å². The van der Waals surface area contributed by atoms with Gasteiger partial charge in [0.1, 0.15) is 23.2 Å². The van der Waals surface area contributed by atoms with Crippen molar-refractivity contribution in [2.75, 3.05) is 6.54 Å². The summed E-state index contributed by atoms with van der Waals surface area (Å²) in [5.74, 6) is 1.77. The van der Waals surface area contributed by atoms with Crippen molar-refractivity contribution < 1.29 is 4.74 Å². The molecule has 2 aliphatic heterocycles. The highest BCUT2D eigenvalue weighted by Gasteiger charge is 2.53. The van der Waals surface area contributed by atoms with Crippen molar-refractivity contribution in [1.29, 1.82) is 0 Å². The van der Waals surface area contributed by atoms with Crippen LogP contribution in [0.15, 0.2) is 181 Å². The van der Waals surface area contributed by atoms with Crippen molar-refractivity contribution in [2.45, 2.75) is 11.6 Å². The Bertz CT molecular complexity index is 2610. The van der Waals surface area contributed by atoms with E-state index in [1.54, 1.807) is 0 Å². The predicted molar refractivity (Wildman–Crippen MR) is 207 cm³/mol. The molecule has 2 unspecified atom stereocenters. The molecule has 2 aromatic heterocycles. The molecule has 10 rings (SSSR count). The van der Waals surface area contributed by atoms with Crippen LogP contribution < -0.4 is 21.3 Å². The van der Waals surface area contributed by atoms with E-state index in [9.17, 15) is 0 Å². The maximum Gasteiger partial charge on any atom is 0.149 e. The van der Waals surface area contributed by atoms with Gasteiger partial charge in [-0.3, -0.25) is 0 Å². The van der Waals surface area contributed by atoms with E-state index in [0.29, 0.717) is 6.54 Å². The van der Waals surface area contributed by atoms with Gasteiger partial charge in [0.2, 0.25) is 0 Å². The molecule has 5 aromatic carbocycles. The van der Waals surface area contributed by atoms with Crippen LogP contribution in [0.3, 0.4) is 0 Å². The number of H-pyrrole nitrogens is 2. The molecule has 1 spiro atoms. The third kappa shape index (κ3) is 4.65. The number of dihydropyridines is 1. The van der Waals surface area contributed by atoms with Crippen LogP contribution >= 0.6 is 0 Å². The van der Waals surface area contributed by atoms with Gasteiger partial charge in [-0.15, -0.1) is 0 Å². The first kappa shape index (κ1) is 30.2. The zero-order chi connectivity index (χ0) is 34.6. The second-order valence-corrected chi connectivity index (χ2v) is 13.5. The smallest absolute Gasteiger partial charge is 0.149 e. The number of pyridine rings is 1. The van der Waals surface area contributed by atoms with Crippen molar-refractivity contribution in [3.05, 3.63) is 203 Å². The Morgan fingerprint density at radius 1 is 0.635 bits per heavy atom. The molecule has 250 valence electrons. The fourth-order valence-electron chi connectivity index (χ4n) is 8.27. The summed E-state index contributed by atoms with van der Waals surface area (Å²) in [5.41, 5.74) is 21.8. The van der Waals surface area contributed by atoms with E-state index < -0.39 is 11.6 Å². The lowest BCUT2D eigenvalue weighted by atomic mass is 9.67. The second-order valence-electron chi connectivity index (χ2n) is 13.5. The molecule has 6 heteroatoms. The van der Waals surface area contributed by atoms with Crippen LogP contribution in [-0.2, 0) is 5.41 Å². The highest BCUT2D eigenvalue weighted by Crippen LogP contribution is 2.60. The summed E-state index contributed by atoms with van der Waals surface area (Å²) in [5, 5.41) is 3.47. The SMILES string of the molecule is NC(/N=c1\[nH]cc(-c2ccccc2)cc1-c1ccccc1)c1ccc(-c2ccc3c(c2)C2(C4=C(C=CNC4)Oc4cc[nH]c42)c2ccccc2-3)cc1. The normalized spacial score (nSPS) is 17.5. The Kier molecular flexibility index (Phi) is 6.98. The molecular formula is C46H35N5O. The first-order chi connectivity index (χ1) is 25.7. The maximum atomic E-state index is 6.81. The zero-order valence-corrected chi connectivity index (χ0v) is 28.3. The number of nitrogens with zero attached hydrogens (tertiary/aromatic N) is 1. The highest BCUT2D eigenvalue weighted by atomic mass is 16.5. The van der Waals surface area contributed by atoms with Gasteiger partial charge in [0.05, 0.1) is 11.1 Å². The summed E-state index contributed by atoms with van der Waals surface area (Å²) in [4.78, 5) is 12.1. The molecule has 0 amide bonds. The lowest BCUT2D eigenvalue weighted by Gasteiger charge is -2.40. The number of aromatic nitrogens is 2. The molecule has 0 fully saturated rings. The Hall–Kier alpha value is -6.63. The molecule has 3 aliphatic rings. The Morgan fingerprint density at radius 3 is 2.17 bits per heavy atom. The molecule has 1 aliphatic carbocycles. The van der Waals surface area contributed by atoms with Gasteiger partial charge < -0.3 is 25.8 Å². The lowest BCUT2D eigenvalue weighted by molar-refractivity contribution is 0.388. The first-order valence-corrected chi connectivity index (χ1v) is 17.7. The minimum atomic E-state index is -0.557. The van der Waals surface area contributed by atoms with E-state index in [2.05, 4.69) is 124 Å². The molecule has 5 N–H and O–H groups in total. The fraction of sp³-hybridized carbons (Fsp3) is 0.0652. The number of nitrogens with one attached hydrogen (secondary N) is 3.